The summed E-state index contributed by atoms with van der Waals surface area (Å²) in [4.78, 5) is 22.1. The van der Waals surface area contributed by atoms with Gasteiger partial charge in [0.25, 0.3) is 0 Å². The van der Waals surface area contributed by atoms with E-state index in [9.17, 15) is 39.6 Å². The van der Waals surface area contributed by atoms with E-state index in [1.165, 1.54) is 82.0 Å². The number of amides is 2. The van der Waals surface area contributed by atoms with Gasteiger partial charge in [-0.05, 0) is 46.5 Å². The molecule has 0 bridgehead atoms. The minimum absolute atomic E-state index is 0.835. The number of nitrogens with one attached hydrogen (secondary N) is 2. The maximum Gasteiger partial charge on any atom is 0.413 e. The monoisotopic (exact) mass is 674 g/mol. The fourth-order valence-electron chi connectivity index (χ4n) is 3.99. The van der Waals surface area contributed by atoms with Gasteiger partial charge in [0.15, 0.2) is 6.04 Å². The zero-order valence-corrected chi connectivity index (χ0v) is 27.8. The van der Waals surface area contributed by atoms with Crippen molar-refractivity contribution in [3.05, 3.63) is 0 Å². The van der Waals surface area contributed by atoms with Crippen LogP contribution in [0.4, 0.5) is 18.0 Å². The van der Waals surface area contributed by atoms with E-state index in [1.807, 2.05) is 5.32 Å². The fourth-order valence-corrected chi connectivity index (χ4v) is 4.86. The zero-order chi connectivity index (χ0) is 34.1. The summed E-state index contributed by atoms with van der Waals surface area (Å²) in [7, 11) is -10.2. The maximum absolute atomic E-state index is 12.3. The average Bonchev–Trinajstić information content (AvgIpc) is 2.82. The number of β-lactam (4-membered cyclic amide) rings is 1. The van der Waals surface area contributed by atoms with E-state index in [2.05, 4.69) is 31.3 Å². The predicted molar refractivity (Wildman–Crippen MR) is 155 cm³/mol. The number of carbonyl (C=O) groups excluding carboxylic acids is 2. The Morgan fingerprint density at radius 1 is 0.837 bits per heavy atom. The molecular formula is C25H51F3N3O10S2+. The molecule has 1 aliphatic rings. The van der Waals surface area contributed by atoms with Crippen molar-refractivity contribution in [2.24, 2.45) is 0 Å². The van der Waals surface area contributed by atoms with Crippen LogP contribution in [0.25, 0.3) is 0 Å². The number of quaternary nitrogens is 1. The minimum Gasteiger partial charge on any atom is -0.444 e. The third-order valence-electron chi connectivity index (χ3n) is 6.05. The van der Waals surface area contributed by atoms with Crippen LogP contribution in [0.15, 0.2) is 0 Å². The zero-order valence-electron chi connectivity index (χ0n) is 26.2. The third kappa shape index (κ3) is 22.4. The lowest BCUT2D eigenvalue weighted by atomic mass is 9.99. The van der Waals surface area contributed by atoms with Gasteiger partial charge in [-0.25, -0.2) is 4.79 Å². The van der Waals surface area contributed by atoms with Crippen LogP contribution in [-0.2, 0) is 34.0 Å². The quantitative estimate of drug-likeness (QED) is 0.109. The molecular weight excluding hydrogens is 623 g/mol. The number of unbranched alkanes of at least 4 members (excludes halogenated alkanes) is 4. The van der Waals surface area contributed by atoms with Gasteiger partial charge >= 0.3 is 33.1 Å². The minimum atomic E-state index is -5.12. The highest BCUT2D eigenvalue weighted by Gasteiger charge is 2.56. The third-order valence-corrected chi connectivity index (χ3v) is 7.43. The first-order valence-electron chi connectivity index (χ1n) is 14.3. The van der Waals surface area contributed by atoms with Crippen LogP contribution in [0.1, 0.15) is 99.8 Å². The number of rotatable bonds is 15. The molecule has 2 amide bonds. The highest BCUT2D eigenvalue weighted by atomic mass is 32.3. The maximum atomic E-state index is 12.3. The number of nitrogens with zero attached hydrogens (tertiary/aromatic N) is 1. The molecule has 13 nitrogen and oxygen atoms in total. The fraction of sp³-hybridized carbons (Fsp3) is 0.920. The largest absolute Gasteiger partial charge is 0.444 e. The van der Waals surface area contributed by atoms with Crippen LogP contribution in [0.3, 0.4) is 0 Å². The van der Waals surface area contributed by atoms with Crippen LogP contribution in [0.2, 0.25) is 0 Å². The Balaban J connectivity index is 0. The van der Waals surface area contributed by atoms with Gasteiger partial charge in [0.1, 0.15) is 11.6 Å². The summed E-state index contributed by atoms with van der Waals surface area (Å²) in [6.45, 7) is 19.7. The second-order valence-electron chi connectivity index (χ2n) is 11.2. The number of carbonyl (C=O) groups is 2. The molecule has 18 heteroatoms. The summed E-state index contributed by atoms with van der Waals surface area (Å²) in [6.07, 6.45) is 5.42. The number of hydrogen-bond donors (Lipinski definition) is 4. The van der Waals surface area contributed by atoms with Crippen molar-refractivity contribution in [3.63, 3.8) is 0 Å². The standard InChI is InChI=1S/C16H36N.C9H13F3N2O3.H2O7S2/c1-5-9-13-17(14-10-6-2,15-11-7-3)16-12-8-4;1-8(2,3)17-7(16)13-4-5(9(10,11)12)14-6(4)15;1-8(2,3)7-9(4,5)6/h5-16H2,1-4H3;4-5H,1-3H3,(H,13,16)(H,14,15);(H,1,2,3)(H,4,5,6)/q+1;;. The molecule has 1 saturated heterocycles. The topological polar surface area (TPSA) is 185 Å². The molecule has 2 atom stereocenters. The lowest BCUT2D eigenvalue weighted by molar-refractivity contribution is -0.929. The molecule has 258 valence electrons. The van der Waals surface area contributed by atoms with Gasteiger partial charge < -0.3 is 19.9 Å². The number of ether oxygens (including phenoxy) is 1. The molecule has 0 spiro atoms. The van der Waals surface area contributed by atoms with Gasteiger partial charge in [-0.15, -0.1) is 3.63 Å². The first-order chi connectivity index (χ1) is 19.5. The van der Waals surface area contributed by atoms with E-state index in [0.29, 0.717) is 0 Å². The molecule has 1 rings (SSSR count). The Labute approximate surface area is 254 Å². The van der Waals surface area contributed by atoms with Gasteiger partial charge in [0, 0.05) is 0 Å². The molecule has 0 aromatic rings. The normalized spacial score (nSPS) is 17.3. The first kappa shape index (κ1) is 43.4. The van der Waals surface area contributed by atoms with Crippen molar-refractivity contribution >= 4 is 32.8 Å². The summed E-state index contributed by atoms with van der Waals surface area (Å²) in [5.41, 5.74) is -0.835. The van der Waals surface area contributed by atoms with E-state index in [0.717, 1.165) is 0 Å². The molecule has 0 saturated carbocycles. The lowest BCUT2D eigenvalue weighted by Gasteiger charge is -2.39. The second kappa shape index (κ2) is 19.6. The molecule has 2 unspecified atom stereocenters. The summed E-state index contributed by atoms with van der Waals surface area (Å²) >= 11 is 0. The average molecular weight is 675 g/mol. The lowest BCUT2D eigenvalue weighted by Crippen LogP contribution is -2.74. The van der Waals surface area contributed by atoms with Crippen LogP contribution in [0, 0.1) is 0 Å². The summed E-state index contributed by atoms with van der Waals surface area (Å²) in [6, 6.07) is -3.67. The highest BCUT2D eigenvalue weighted by Crippen LogP contribution is 2.27. The van der Waals surface area contributed by atoms with E-state index in [4.69, 9.17) is 13.8 Å². The Morgan fingerprint density at radius 2 is 1.19 bits per heavy atom. The predicted octanol–water partition coefficient (Wildman–Crippen LogP) is 4.55. The molecule has 0 aliphatic carbocycles. The van der Waals surface area contributed by atoms with Crippen LogP contribution in [-0.4, -0.2) is 92.5 Å². The van der Waals surface area contributed by atoms with Crippen molar-refractivity contribution in [3.8, 4) is 0 Å². The molecule has 0 radical (unpaired) electrons. The van der Waals surface area contributed by atoms with Crippen LogP contribution >= 0.6 is 0 Å². The Hall–Kier alpha value is -1.73. The smallest absolute Gasteiger partial charge is 0.413 e. The summed E-state index contributed by atoms with van der Waals surface area (Å²) < 4.78 is 98.7. The van der Waals surface area contributed by atoms with E-state index >= 15 is 0 Å². The Kier molecular flexibility index (Phi) is 19.8. The molecule has 0 aromatic heterocycles. The SMILES string of the molecule is CC(C)(C)OC(=O)NC1C(=O)NC1C(F)(F)F.CCCC[N+](CCCC)(CCCC)CCCC.O=S(=O)(O)OS(=O)(=O)O. The molecule has 0 aromatic carbocycles. The Bertz CT molecular complexity index is 967. The van der Waals surface area contributed by atoms with Gasteiger partial charge in [0.05, 0.1) is 26.2 Å². The molecule has 1 fully saturated rings. The van der Waals surface area contributed by atoms with E-state index in [-0.39, 0.29) is 0 Å². The number of alkyl carbamates (subject to hydrolysis) is 1. The summed E-state index contributed by atoms with van der Waals surface area (Å²) in [5.74, 6) is -0.877. The van der Waals surface area contributed by atoms with Crippen molar-refractivity contribution in [2.75, 3.05) is 26.2 Å². The van der Waals surface area contributed by atoms with Gasteiger partial charge in [0.2, 0.25) is 5.91 Å². The number of hydrogen-bond acceptors (Lipinski definition) is 8. The highest BCUT2D eigenvalue weighted by molar-refractivity contribution is 7.94. The van der Waals surface area contributed by atoms with E-state index in [1.54, 1.807) is 26.1 Å². The molecule has 1 aliphatic heterocycles. The van der Waals surface area contributed by atoms with E-state index < -0.39 is 56.7 Å². The number of alkyl halides is 3. The van der Waals surface area contributed by atoms with Gasteiger partial charge in [-0.2, -0.15) is 30.0 Å². The molecule has 43 heavy (non-hydrogen) atoms. The molecule has 4 N–H and O–H groups in total. The Morgan fingerprint density at radius 3 is 1.40 bits per heavy atom. The van der Waals surface area contributed by atoms with Crippen molar-refractivity contribution in [1.29, 1.82) is 0 Å². The summed E-state index contributed by atoms with van der Waals surface area (Å²) in [5, 5.41) is 3.55. The van der Waals surface area contributed by atoms with Crippen molar-refractivity contribution in [1.82, 2.24) is 10.6 Å². The van der Waals surface area contributed by atoms with Crippen molar-refractivity contribution < 1.29 is 61.6 Å². The van der Waals surface area contributed by atoms with Crippen LogP contribution in [0.5, 0.6) is 0 Å². The van der Waals surface area contributed by atoms with Crippen LogP contribution < -0.4 is 10.6 Å². The first-order valence-corrected chi connectivity index (χ1v) is 17.1. The van der Waals surface area contributed by atoms with Gasteiger partial charge in [-0.1, -0.05) is 53.4 Å². The molecule has 1 heterocycles. The number of halogens is 3. The second-order valence-corrected chi connectivity index (χ2v) is 13.5. The van der Waals surface area contributed by atoms with Gasteiger partial charge in [-0.3, -0.25) is 13.9 Å². The van der Waals surface area contributed by atoms with Crippen molar-refractivity contribution in [2.45, 2.75) is 124 Å².